The van der Waals surface area contributed by atoms with E-state index in [1.807, 2.05) is 0 Å². The van der Waals surface area contributed by atoms with Crippen molar-refractivity contribution in [3.8, 4) is 0 Å². The molecule has 16 N–H and O–H groups in total. The van der Waals surface area contributed by atoms with Gasteiger partial charge < -0.3 is 81.3 Å². The quantitative estimate of drug-likeness (QED) is 0.0193. The first kappa shape index (κ1) is 85.4. The van der Waals surface area contributed by atoms with E-state index < -0.39 is 190 Å². The van der Waals surface area contributed by atoms with Crippen LogP contribution in [-0.4, -0.2) is 248 Å². The van der Waals surface area contributed by atoms with Crippen molar-refractivity contribution < 1.29 is 90.9 Å². The van der Waals surface area contributed by atoms with Crippen molar-refractivity contribution in [1.82, 2.24) is 30.2 Å². The summed E-state index contributed by atoms with van der Waals surface area (Å²) in [5.41, 5.74) is -6.40. The molecule has 1 aliphatic carbocycles. The van der Waals surface area contributed by atoms with Gasteiger partial charge >= 0.3 is 11.9 Å². The lowest BCUT2D eigenvalue weighted by molar-refractivity contribution is -0.132. The van der Waals surface area contributed by atoms with Crippen LogP contribution in [0.3, 0.4) is 0 Å². The minimum atomic E-state index is -2.15. The van der Waals surface area contributed by atoms with Gasteiger partial charge in [0.1, 0.15) is 130 Å². The van der Waals surface area contributed by atoms with Crippen molar-refractivity contribution in [2.45, 2.75) is 178 Å². The number of carboxylic acid groups (broad SMARTS) is 1. The summed E-state index contributed by atoms with van der Waals surface area (Å²) in [4.78, 5) is 104. The summed E-state index contributed by atoms with van der Waals surface area (Å²) in [7, 11) is 0. The van der Waals surface area contributed by atoms with Gasteiger partial charge in [0.25, 0.3) is 0 Å². The fourth-order valence-corrected chi connectivity index (χ4v) is 16.9. The maximum atomic E-state index is 15.1. The summed E-state index contributed by atoms with van der Waals surface area (Å²) < 4.78 is 6.34. The zero-order valence-corrected chi connectivity index (χ0v) is 67.0. The molecular formula is C71H82N18O18S6. The number of pyridine rings is 1. The molecule has 36 nitrogen and oxygen atoms in total. The van der Waals surface area contributed by atoms with Crippen LogP contribution < -0.4 is 5.32 Å². The Kier molecular flexibility index (Phi) is 26.6. The van der Waals surface area contributed by atoms with Crippen molar-refractivity contribution in [2.24, 2.45) is 65.8 Å². The Hall–Kier alpha value is -9.99. The minimum Gasteiger partial charge on any atom is -0.495 e. The van der Waals surface area contributed by atoms with Crippen LogP contribution in [0.1, 0.15) is 183 Å². The van der Waals surface area contributed by atoms with Crippen molar-refractivity contribution >= 4 is 157 Å². The van der Waals surface area contributed by atoms with Crippen molar-refractivity contribution in [1.29, 1.82) is 0 Å². The highest BCUT2D eigenvalue weighted by atomic mass is 32.2. The summed E-state index contributed by atoms with van der Waals surface area (Å²) >= 11 is 9.70. The van der Waals surface area contributed by atoms with E-state index in [0.717, 1.165) is 57.1 Å². The highest BCUT2D eigenvalue weighted by Crippen LogP contribution is 2.51. The number of fused-ring (bicyclic) bond motifs is 7. The number of ether oxygens (including phenoxy) is 1. The normalized spacial score (nSPS) is 27.2. The topological polar surface area (TPSA) is 572 Å². The number of carbonyl (C=O) groups is 2. The molecule has 16 atom stereocenters. The van der Waals surface area contributed by atoms with Gasteiger partial charge in [-0.3, -0.25) is 20.3 Å². The zero-order valence-electron chi connectivity index (χ0n) is 62.0. The molecule has 5 aliphatic rings. The third kappa shape index (κ3) is 18.8. The maximum absolute atomic E-state index is 15.1. The fourth-order valence-electron chi connectivity index (χ4n) is 11.7. The van der Waals surface area contributed by atoms with Crippen molar-refractivity contribution in [3.05, 3.63) is 148 Å². The second kappa shape index (κ2) is 35.2. The number of hydrogen-bond donors (Lipinski definition) is 17. The number of aromatic nitrogens is 5. The minimum absolute atomic E-state index is 0.00769. The molecule has 113 heavy (non-hydrogen) atoms. The van der Waals surface area contributed by atoms with E-state index >= 15 is 4.79 Å². The summed E-state index contributed by atoms with van der Waals surface area (Å²) in [6, 6.07) is -11.0. The zero-order chi connectivity index (χ0) is 82.7. The number of allylic oxidation sites excluding steroid dienone is 1. The molecule has 600 valence electrons. The number of nitrogens with one attached hydrogen (secondary N) is 1. The van der Waals surface area contributed by atoms with Crippen LogP contribution in [0.2, 0.25) is 0 Å². The van der Waals surface area contributed by atoms with E-state index in [2.05, 4.69) is 80.0 Å². The largest absolute Gasteiger partial charge is 0.495 e. The van der Waals surface area contributed by atoms with Crippen LogP contribution in [-0.2, 0) is 15.1 Å². The molecule has 10 rings (SSSR count). The van der Waals surface area contributed by atoms with Gasteiger partial charge in [-0.15, -0.1) is 69.7 Å². The van der Waals surface area contributed by atoms with Gasteiger partial charge in [-0.25, -0.2) is 79.4 Å². The lowest BCUT2D eigenvalue weighted by Gasteiger charge is -2.37. The molecule has 0 saturated carbocycles. The first-order valence-electron chi connectivity index (χ1n) is 34.7. The number of hydrogen-bond acceptors (Lipinski definition) is 31. The molecule has 0 radical (unpaired) electrons. The molecule has 13 bridgehead atoms. The summed E-state index contributed by atoms with van der Waals surface area (Å²) in [5, 5.41) is 181. The smallest absolute Gasteiger partial charge is 0.357 e. The number of esters is 1. The third-order valence-electron chi connectivity index (χ3n) is 18.3. The number of cyclic esters (lactones) is 1. The average Bonchev–Trinajstić information content (AvgIpc) is 1.66. The number of aliphatic hydroxyl groups is 14. The van der Waals surface area contributed by atoms with Crippen LogP contribution in [0, 0.1) is 5.92 Å². The molecule has 5 aromatic rings. The van der Waals surface area contributed by atoms with E-state index in [1.54, 1.807) is 32.9 Å². The Morgan fingerprint density at radius 2 is 1.47 bits per heavy atom. The molecule has 0 aromatic carbocycles. The van der Waals surface area contributed by atoms with Crippen LogP contribution in [0.15, 0.2) is 142 Å². The standard InChI is InChI=1S/C71H82N18O18S6/c1-14-37-63-82-43(22-109-63)59(100)88-52(70(13,106)34(12)92)66-84-45(24-112-66)62(108)87-48-33(11)107-68(105)40-19-36(31(9)90)35-15-16-38(50(93)49(35)78-40)77-46(25(2)3)60(101)75-28(6)54(95)72-26(4)53(94)73-29(7)56(97)89-71(69-85-44(23-113-69)58(99)86-47(32(10)91)61(102)80-37)18-17-39(79-51(71)41-20-111-65(48)81-41)64-83-42(21-110-64)57(98)74-27(5)55(96)76-30(8)67(103)104/h14-16,19-21,23-25,28-29,31-34,38,43,46-48,50-52,77,90-93,106H,4-5,8,17-18,22H2,1-3,6-7,9-13H3,(H,72,95)(H,73,94)(H,74,98)(H,75,101)(H,76,96)(H,80,102)(H,86,99)(H,87,108)(H,88,100)(H,89,97)(H,103,104)/b37-14-/t28?,29-,31?,32?,33?,34?,38?,43?,46?,47?,48?,50-,51+,52?,70?,71+/m0/s1. The van der Waals surface area contributed by atoms with Crippen molar-refractivity contribution in [3.63, 3.8) is 0 Å². The van der Waals surface area contributed by atoms with Crippen LogP contribution in [0.5, 0.6) is 0 Å². The molecule has 4 aliphatic heterocycles. The number of aliphatic imine (C=N–C) groups is 12. The molecule has 0 spiro atoms. The third-order valence-corrected chi connectivity index (χ3v) is 23.5. The predicted molar refractivity (Wildman–Crippen MR) is 437 cm³/mol. The van der Waals surface area contributed by atoms with E-state index in [9.17, 15) is 81.4 Å². The van der Waals surface area contributed by atoms with E-state index in [0.29, 0.717) is 0 Å². The second-order valence-corrected chi connectivity index (χ2v) is 32.0. The molecular weight excluding hydrogens is 1590 g/mol. The number of thioether (sulfide) groups is 1. The Bertz CT molecular complexity index is 5040. The highest BCUT2D eigenvalue weighted by Gasteiger charge is 2.50. The lowest BCUT2D eigenvalue weighted by Crippen LogP contribution is -2.49. The molecule has 12 unspecified atom stereocenters. The molecule has 9 heterocycles. The monoisotopic (exact) mass is 1670 g/mol. The first-order valence-corrected chi connectivity index (χ1v) is 39.6. The Morgan fingerprint density at radius 3 is 2.14 bits per heavy atom. The van der Waals surface area contributed by atoms with Gasteiger partial charge in [0.2, 0.25) is 47.2 Å². The van der Waals surface area contributed by atoms with Crippen LogP contribution >= 0.6 is 69.7 Å². The van der Waals surface area contributed by atoms with Crippen LogP contribution in [0.25, 0.3) is 6.08 Å². The number of nitrogens with zero attached hydrogens (tertiary/aromatic N) is 17. The number of rotatable bonds is 11. The Balaban J connectivity index is 1.25. The highest BCUT2D eigenvalue weighted by molar-refractivity contribution is 8.14. The number of aliphatic carboxylic acids is 1. The van der Waals surface area contributed by atoms with Crippen molar-refractivity contribution in [2.75, 3.05) is 5.75 Å². The van der Waals surface area contributed by atoms with Gasteiger partial charge in [-0.1, -0.05) is 51.8 Å². The van der Waals surface area contributed by atoms with E-state index in [1.165, 1.54) is 82.1 Å². The maximum Gasteiger partial charge on any atom is 0.357 e. The molecule has 42 heteroatoms. The van der Waals surface area contributed by atoms with Gasteiger partial charge in [0.05, 0.1) is 53.2 Å². The number of thiazole rings is 4. The van der Waals surface area contributed by atoms with Gasteiger partial charge in [-0.05, 0) is 85.8 Å². The number of aliphatic hydroxyl groups excluding tert-OH is 13. The summed E-state index contributed by atoms with van der Waals surface area (Å²) in [6.07, 6.45) is -3.11. The van der Waals surface area contributed by atoms with E-state index in [-0.39, 0.29) is 99.7 Å². The van der Waals surface area contributed by atoms with E-state index in [4.69, 9.17) is 47.3 Å². The van der Waals surface area contributed by atoms with Gasteiger partial charge in [-0.2, -0.15) is 0 Å². The molecule has 5 aromatic heterocycles. The predicted octanol–water partition coefficient (Wildman–Crippen LogP) is 8.96. The first-order chi connectivity index (χ1) is 53.2. The fraction of sp³-hybridized carbons (Fsp3) is 0.423. The molecule has 0 amide bonds. The van der Waals surface area contributed by atoms with Crippen LogP contribution in [0.4, 0.5) is 0 Å². The summed E-state index contributed by atoms with van der Waals surface area (Å²) in [6.45, 7) is 25.1. The summed E-state index contributed by atoms with van der Waals surface area (Å²) in [5.74, 6) is -10.2. The number of carboxylic acids is 1. The molecule has 0 saturated heterocycles. The number of thiol groups is 1. The average molecular weight is 1670 g/mol. The lowest BCUT2D eigenvalue weighted by atomic mass is 9.81. The number of carbonyl (C=O) groups excluding carboxylic acids is 1. The SMILES string of the molecule is C=C(N=C(O)C(=C)N=C(O)c1csc(C2=N[C@@H]3c4csc(n4)C4N=C(S)c5csc(n5)C(C(C)(O)C(C)O)N=C(O)C5CSC(=N5)/C(=C/C)N=C(O)C(C(C)O)N=C(O)c5csc(n5)[C@]3(CC2)N=C(O)[C@H](C)N=C(O)C(=C)N=C(O)C(C)N=C(O)C(C(C)C)NC2C=Cc3c(C(C)O)cc(nc3[C@H]2O)C(=O)OC4C)n1)C(=O)O. The van der Waals surface area contributed by atoms with Gasteiger partial charge in [0.15, 0.2) is 11.9 Å². The second-order valence-electron chi connectivity index (χ2n) is 27.0. The Labute approximate surface area is 670 Å². The Morgan fingerprint density at radius 1 is 0.770 bits per heavy atom. The van der Waals surface area contributed by atoms with Gasteiger partial charge in [0, 0.05) is 32.8 Å². The molecule has 0 fully saturated rings.